The van der Waals surface area contributed by atoms with Crippen LogP contribution in [0, 0.1) is 0 Å². The Bertz CT molecular complexity index is 1980. The van der Waals surface area contributed by atoms with E-state index < -0.39 is 90.5 Å². The second-order valence-corrected chi connectivity index (χ2v) is 16.7. The van der Waals surface area contributed by atoms with E-state index in [1.807, 2.05) is 0 Å². The van der Waals surface area contributed by atoms with Crippen LogP contribution in [0.4, 0.5) is 5.95 Å². The number of nitrogens with one attached hydrogen (secondary N) is 2. The molecule has 2 saturated heterocycles. The summed E-state index contributed by atoms with van der Waals surface area (Å²) in [6.07, 6.45) is -11.6. The van der Waals surface area contributed by atoms with Crippen LogP contribution in [0.15, 0.2) is 27.6 Å². The third-order valence-electron chi connectivity index (χ3n) is 8.26. The molecule has 290 valence electrons. The molecule has 0 aromatic carbocycles. The van der Waals surface area contributed by atoms with Gasteiger partial charge in [0.1, 0.15) is 42.3 Å². The van der Waals surface area contributed by atoms with E-state index in [2.05, 4.69) is 38.4 Å². The number of nitrogens with two attached hydrogens (primary N) is 2. The second-order valence-electron chi connectivity index (χ2n) is 11.7. The Morgan fingerprint density at radius 2 is 1.87 bits per heavy atom. The van der Waals surface area contributed by atoms with Crippen LogP contribution < -0.4 is 42.1 Å². The average Bonchev–Trinajstić information content (AvgIpc) is 3.77. The highest BCUT2D eigenvalue weighted by Crippen LogP contribution is 2.64. The number of anilines is 1. The van der Waals surface area contributed by atoms with E-state index in [1.165, 1.54) is 21.4 Å². The third kappa shape index (κ3) is 7.37. The number of rotatable bonds is 12. The largest absolute Gasteiger partial charge is 0.830 e. The van der Waals surface area contributed by atoms with Crippen molar-refractivity contribution in [3.8, 4) is 0 Å². The van der Waals surface area contributed by atoms with Crippen LogP contribution in [0.5, 0.6) is 0 Å². The second kappa shape index (κ2) is 14.0. The van der Waals surface area contributed by atoms with Gasteiger partial charge in [-0.1, -0.05) is 0 Å². The molecule has 6 heterocycles. The minimum absolute atomic E-state index is 0.0228. The lowest BCUT2D eigenvalue weighted by atomic mass is 10.1. The van der Waals surface area contributed by atoms with Gasteiger partial charge in [-0.3, -0.25) is 32.8 Å². The number of aliphatic hydroxyl groups excluding tert-OH is 3. The number of nitrogen functional groups attached to an aromatic ring is 1. The van der Waals surface area contributed by atoms with Crippen molar-refractivity contribution in [2.75, 3.05) is 33.2 Å². The Kier molecular flexibility index (Phi) is 10.4. The van der Waals surface area contributed by atoms with E-state index in [4.69, 9.17) is 25.7 Å². The van der Waals surface area contributed by atoms with Gasteiger partial charge in [0.25, 0.3) is 21.2 Å². The summed E-state index contributed by atoms with van der Waals surface area (Å²) < 4.78 is 67.7. The van der Waals surface area contributed by atoms with Crippen molar-refractivity contribution in [3.05, 3.63) is 28.2 Å². The molecule has 6 rings (SSSR count). The van der Waals surface area contributed by atoms with Gasteiger partial charge in [0.2, 0.25) is 5.95 Å². The van der Waals surface area contributed by atoms with Gasteiger partial charge in [-0.2, -0.15) is 4.98 Å². The molecule has 0 bridgehead atoms. The Hall–Kier alpha value is -3.07. The Labute approximate surface area is 290 Å². The fourth-order valence-corrected chi connectivity index (χ4v) is 10.0. The number of guanidine groups is 1. The monoisotopic (exact) mass is 800 g/mol. The summed E-state index contributed by atoms with van der Waals surface area (Å²) >= 11 is 0. The van der Waals surface area contributed by atoms with Crippen LogP contribution in [0.3, 0.4) is 0 Å². The summed E-state index contributed by atoms with van der Waals surface area (Å²) in [5.41, 5.74) is 10.5. The van der Waals surface area contributed by atoms with Crippen LogP contribution >= 0.6 is 23.2 Å². The van der Waals surface area contributed by atoms with Crippen molar-refractivity contribution < 1.29 is 76.2 Å². The molecule has 9 N–H and O–H groups in total. The van der Waals surface area contributed by atoms with Gasteiger partial charge in [-0.25, -0.2) is 9.29 Å². The predicted octanol–water partition coefficient (Wildman–Crippen LogP) is -6.71. The number of nitrogens with zero attached hydrogens (tertiary/aromatic N) is 6. The van der Waals surface area contributed by atoms with Crippen molar-refractivity contribution in [1.29, 1.82) is 0 Å². The maximum absolute atomic E-state index is 12.9. The number of methoxy groups -OCH3 is 1. The van der Waals surface area contributed by atoms with Crippen molar-refractivity contribution in [3.63, 3.8) is 0 Å². The van der Waals surface area contributed by atoms with E-state index in [1.54, 1.807) is 0 Å². The summed E-state index contributed by atoms with van der Waals surface area (Å²) in [6, 6.07) is 0. The fraction of sp³-hybridized carbons (Fsp3) is 0.636. The summed E-state index contributed by atoms with van der Waals surface area (Å²) in [5, 5.41) is 47.2. The van der Waals surface area contributed by atoms with E-state index in [-0.39, 0.29) is 47.7 Å². The van der Waals surface area contributed by atoms with Crippen LogP contribution in [-0.4, -0.2) is 127 Å². The predicted molar refractivity (Wildman–Crippen MR) is 160 cm³/mol. The number of aliphatic imine (C=N–C) groups is 1. The number of aromatic amines is 1. The number of fused-ring (bicyclic) bond motifs is 1. The summed E-state index contributed by atoms with van der Waals surface area (Å²) in [6.45, 7) is -1.17. The maximum Gasteiger partial charge on any atom is 0.280 e. The number of aromatic nitrogens is 4. The van der Waals surface area contributed by atoms with E-state index in [0.717, 1.165) is 13.4 Å². The first kappa shape index (κ1) is 38.6. The zero-order valence-corrected chi connectivity index (χ0v) is 29.3. The minimum atomic E-state index is -6.43. The maximum atomic E-state index is 12.9. The molecule has 2 aromatic rings. The van der Waals surface area contributed by atoms with Gasteiger partial charge in [-0.15, -0.1) is 0 Å². The molecule has 0 spiro atoms. The molecule has 4 aliphatic heterocycles. The topological polar surface area (TPSA) is 406 Å². The summed E-state index contributed by atoms with van der Waals surface area (Å²) in [5.74, 6) is -3.38. The number of ether oxygens (including phenoxy) is 3. The number of H-pyrrole nitrogens is 1. The van der Waals surface area contributed by atoms with Crippen LogP contribution in [-0.2, 0) is 41.1 Å². The first-order chi connectivity index (χ1) is 24.2. The lowest BCUT2D eigenvalue weighted by Crippen LogP contribution is -2.49. The Morgan fingerprint density at radius 3 is 2.56 bits per heavy atom. The molecular formula is C22H31N10O17P3-4. The lowest BCUT2D eigenvalue weighted by Gasteiger charge is -2.38. The van der Waals surface area contributed by atoms with Crippen molar-refractivity contribution in [1.82, 2.24) is 34.6 Å². The molecule has 0 aliphatic carbocycles. The molecule has 4 aliphatic rings. The van der Waals surface area contributed by atoms with E-state index >= 15 is 0 Å². The quantitative estimate of drug-likeness (QED) is 0.0981. The molecule has 12 atom stereocenters. The summed E-state index contributed by atoms with van der Waals surface area (Å²) in [4.78, 5) is 66.3. The Morgan fingerprint density at radius 1 is 1.15 bits per heavy atom. The SMILES string of the molecule is COC1[C@H](C(O)P(=O)([O-])OP(=O)([O-])OP(=O)([O-])OC[C@H]2O[C@@H](n3cnc4c(=O)[nH]c(N)nc43)C[C@H]2O)O[C@H](N2CN(C)C3=C2NC(N)=NC3[O-])[C@@H]1O. The van der Waals surface area contributed by atoms with E-state index in [0.29, 0.717) is 0 Å². The van der Waals surface area contributed by atoms with E-state index in [9.17, 15) is 53.6 Å². The number of phosphoric acid groups is 2. The van der Waals surface area contributed by atoms with Gasteiger partial charge in [-0.05, 0) is 0 Å². The van der Waals surface area contributed by atoms with Gasteiger partial charge in [0, 0.05) is 26.8 Å². The number of aliphatic hydroxyl groups is 3. The number of hydrogen-bond donors (Lipinski definition) is 7. The molecule has 2 aromatic heterocycles. The highest BCUT2D eigenvalue weighted by molar-refractivity contribution is 7.67. The Balaban J connectivity index is 1.08. The van der Waals surface area contributed by atoms with Crippen molar-refractivity contribution in [2.45, 2.75) is 61.5 Å². The van der Waals surface area contributed by atoms with Gasteiger partial charge in [0.15, 0.2) is 30.9 Å². The van der Waals surface area contributed by atoms with Gasteiger partial charge < -0.3 is 85.0 Å². The number of imidazole rings is 1. The normalized spacial score (nSPS) is 33.4. The highest BCUT2D eigenvalue weighted by Gasteiger charge is 2.54. The molecule has 2 fully saturated rings. The zero-order valence-electron chi connectivity index (χ0n) is 26.6. The molecule has 30 heteroatoms. The lowest BCUT2D eigenvalue weighted by molar-refractivity contribution is -0.407. The molecule has 0 radical (unpaired) electrons. The molecule has 0 amide bonds. The van der Waals surface area contributed by atoms with Gasteiger partial charge >= 0.3 is 0 Å². The molecule has 27 nitrogen and oxygen atoms in total. The molecule has 0 saturated carbocycles. The fourth-order valence-electron chi connectivity index (χ4n) is 6.02. The highest BCUT2D eigenvalue weighted by atomic mass is 31.3. The smallest absolute Gasteiger partial charge is 0.280 e. The third-order valence-corrected chi connectivity index (χ3v) is 13.0. The number of likely N-dealkylation sites (N-methyl/N-ethyl adjacent to an activating group) is 1. The van der Waals surface area contributed by atoms with Crippen molar-refractivity contribution >= 4 is 46.3 Å². The van der Waals surface area contributed by atoms with Crippen LogP contribution in [0.2, 0.25) is 0 Å². The van der Waals surface area contributed by atoms with Crippen LogP contribution in [0.25, 0.3) is 11.2 Å². The van der Waals surface area contributed by atoms with Crippen molar-refractivity contribution in [2.24, 2.45) is 10.7 Å². The minimum Gasteiger partial charge on any atom is -0.830 e. The zero-order chi connectivity index (χ0) is 38.1. The average molecular weight is 800 g/mol. The first-order valence-electron chi connectivity index (χ1n) is 14.8. The number of hydrogen-bond acceptors (Lipinski definition) is 25. The molecule has 52 heavy (non-hydrogen) atoms. The van der Waals surface area contributed by atoms with Crippen LogP contribution in [0.1, 0.15) is 12.6 Å². The standard InChI is InChI=1S/C22H34N10O17P3/c1-30-6-32(16-11(30)18(36)29-22(24)27-16)19-12(34)13(44-2)14(47-19)20(37)50(38,39)48-52(42,43)49-51(40,41)45-4-8-7(33)3-9(46-8)31-5-25-10-15(31)26-21(23)28-17(10)35/h5,7-9,12-14,18-20,33-34,37H,3-4,6H2,1-2H3,(H,38,39)(H,40,41)(H,42,43)(H3,24,27,29)(H3,23,26,28,35)/q-1/p-3/t7-,8-,9-,12-,13?,14-,18?,19+,20?/m1/s1. The van der Waals surface area contributed by atoms with Gasteiger partial charge in [0.05, 0.1) is 31.4 Å². The molecule has 6 unspecified atom stereocenters. The number of phosphoric ester groups is 1. The summed E-state index contributed by atoms with van der Waals surface area (Å²) in [7, 11) is -16.0. The first-order valence-corrected chi connectivity index (χ1v) is 19.3. The molecular weight excluding hydrogens is 769 g/mol.